The molecular weight excluding hydrogens is 424 g/mol. The number of benzene rings is 1. The topological polar surface area (TPSA) is 94.7 Å². The van der Waals surface area contributed by atoms with Crippen LogP contribution in [0.5, 0.6) is 0 Å². The molecule has 0 unspecified atom stereocenters. The molecule has 1 N–H and O–H groups in total. The molecule has 0 radical (unpaired) electrons. The van der Waals surface area contributed by atoms with E-state index in [1.807, 2.05) is 18.3 Å². The number of unbranched alkanes of at least 4 members (excludes halogenated alkanes) is 1. The van der Waals surface area contributed by atoms with Crippen molar-refractivity contribution in [1.82, 2.24) is 29.9 Å². The third-order valence-corrected chi connectivity index (χ3v) is 6.89. The summed E-state index contributed by atoms with van der Waals surface area (Å²) in [5.41, 5.74) is 2.13. The Morgan fingerprint density at radius 1 is 1.28 bits per heavy atom. The van der Waals surface area contributed by atoms with Crippen LogP contribution in [0.25, 0.3) is 22.3 Å². The number of H-pyrrole nitrogens is 1. The molecule has 4 aromatic rings. The first-order chi connectivity index (χ1) is 15.7. The number of aryl methyl sites for hydroxylation is 1. The lowest BCUT2D eigenvalue weighted by molar-refractivity contribution is 0.0953. The van der Waals surface area contributed by atoms with Crippen LogP contribution in [0.15, 0.2) is 40.1 Å². The third kappa shape index (κ3) is 4.31. The van der Waals surface area contributed by atoms with Crippen LogP contribution >= 0.6 is 11.8 Å². The largest absolute Gasteiger partial charge is 0.376 e. The van der Waals surface area contributed by atoms with Gasteiger partial charge in [0.15, 0.2) is 16.8 Å². The monoisotopic (exact) mass is 452 g/mol. The fourth-order valence-electron chi connectivity index (χ4n) is 4.07. The normalized spacial score (nSPS) is 17.4. The van der Waals surface area contributed by atoms with E-state index in [4.69, 9.17) is 9.26 Å². The number of thioether (sulfide) groups is 1. The van der Waals surface area contributed by atoms with E-state index in [1.165, 1.54) is 0 Å². The van der Waals surface area contributed by atoms with E-state index in [9.17, 15) is 0 Å². The van der Waals surface area contributed by atoms with E-state index in [1.54, 1.807) is 11.8 Å². The summed E-state index contributed by atoms with van der Waals surface area (Å²) in [5.74, 6) is 2.25. The Balaban J connectivity index is 1.44. The first-order valence-electron chi connectivity index (χ1n) is 11.3. The van der Waals surface area contributed by atoms with E-state index in [-0.39, 0.29) is 11.4 Å². The summed E-state index contributed by atoms with van der Waals surface area (Å²) in [6.07, 6.45) is 7.34. The van der Waals surface area contributed by atoms with Crippen LogP contribution in [-0.2, 0) is 17.7 Å². The highest BCUT2D eigenvalue weighted by atomic mass is 32.2. The molecule has 1 aromatic carbocycles. The van der Waals surface area contributed by atoms with Gasteiger partial charge in [0.2, 0.25) is 5.89 Å². The Morgan fingerprint density at radius 3 is 3.03 bits per heavy atom. The van der Waals surface area contributed by atoms with Gasteiger partial charge in [0.25, 0.3) is 0 Å². The van der Waals surface area contributed by atoms with Crippen LogP contribution in [0.2, 0.25) is 0 Å². The van der Waals surface area contributed by atoms with Crippen molar-refractivity contribution >= 4 is 22.7 Å². The number of nitrogens with zero attached hydrogens (tertiary/aromatic N) is 5. The number of rotatable bonds is 9. The number of aromatic amines is 1. The van der Waals surface area contributed by atoms with E-state index < -0.39 is 0 Å². The molecule has 0 bridgehead atoms. The number of hydrogen-bond acceptors (Lipinski definition) is 7. The Kier molecular flexibility index (Phi) is 6.27. The van der Waals surface area contributed by atoms with Crippen molar-refractivity contribution in [2.24, 2.45) is 0 Å². The van der Waals surface area contributed by atoms with E-state index >= 15 is 0 Å². The highest BCUT2D eigenvalue weighted by molar-refractivity contribution is 7.99. The Bertz CT molecular complexity index is 1180. The summed E-state index contributed by atoms with van der Waals surface area (Å²) in [5, 5.41) is 15.2. The van der Waals surface area contributed by atoms with Gasteiger partial charge in [-0.05, 0) is 32.3 Å². The molecule has 3 aromatic heterocycles. The zero-order valence-corrected chi connectivity index (χ0v) is 19.3. The summed E-state index contributed by atoms with van der Waals surface area (Å²) < 4.78 is 13.7. The van der Waals surface area contributed by atoms with Crippen molar-refractivity contribution in [3.63, 3.8) is 0 Å². The smallest absolute Gasteiger partial charge is 0.239 e. The van der Waals surface area contributed by atoms with Gasteiger partial charge in [-0.2, -0.15) is 4.98 Å². The molecular formula is C23H28N6O2S. The number of fused-ring (bicyclic) bond motifs is 1. The minimum Gasteiger partial charge on any atom is -0.376 e. The van der Waals surface area contributed by atoms with Crippen molar-refractivity contribution < 1.29 is 9.26 Å². The van der Waals surface area contributed by atoms with Crippen molar-refractivity contribution in [1.29, 1.82) is 0 Å². The summed E-state index contributed by atoms with van der Waals surface area (Å²) >= 11 is 1.59. The second-order valence-corrected chi connectivity index (χ2v) is 9.52. The lowest BCUT2D eigenvalue weighted by Gasteiger charge is -2.15. The predicted octanol–water partition coefficient (Wildman–Crippen LogP) is 5.18. The van der Waals surface area contributed by atoms with Crippen LogP contribution in [0.4, 0.5) is 0 Å². The molecule has 0 saturated carbocycles. The average molecular weight is 453 g/mol. The minimum absolute atomic E-state index is 0.0267. The van der Waals surface area contributed by atoms with Gasteiger partial charge in [0.1, 0.15) is 0 Å². The molecule has 4 heterocycles. The zero-order chi connectivity index (χ0) is 21.9. The second kappa shape index (κ2) is 9.46. The van der Waals surface area contributed by atoms with Gasteiger partial charge in [-0.15, -0.1) is 10.2 Å². The quantitative estimate of drug-likeness (QED) is 0.349. The maximum absolute atomic E-state index is 5.94. The highest BCUT2D eigenvalue weighted by Gasteiger charge is 2.25. The van der Waals surface area contributed by atoms with Crippen molar-refractivity contribution in [2.75, 3.05) is 6.61 Å². The molecule has 0 aliphatic carbocycles. The zero-order valence-electron chi connectivity index (χ0n) is 18.5. The first-order valence-corrected chi connectivity index (χ1v) is 12.2. The maximum atomic E-state index is 5.94. The fraction of sp³-hybridized carbons (Fsp3) is 0.478. The summed E-state index contributed by atoms with van der Waals surface area (Å²) in [6, 6.07) is 8.26. The van der Waals surface area contributed by atoms with Gasteiger partial charge in [-0.1, -0.05) is 48.5 Å². The van der Waals surface area contributed by atoms with Gasteiger partial charge >= 0.3 is 0 Å². The van der Waals surface area contributed by atoms with Crippen molar-refractivity contribution in [2.45, 2.75) is 69.0 Å². The van der Waals surface area contributed by atoms with Crippen molar-refractivity contribution in [3.05, 3.63) is 42.2 Å². The molecule has 168 valence electrons. The van der Waals surface area contributed by atoms with E-state index in [0.717, 1.165) is 78.5 Å². The Hall–Kier alpha value is -2.65. The number of aromatic nitrogens is 6. The lowest BCUT2D eigenvalue weighted by Crippen LogP contribution is -2.16. The van der Waals surface area contributed by atoms with Crippen LogP contribution in [0.3, 0.4) is 0 Å². The van der Waals surface area contributed by atoms with Crippen LogP contribution in [0, 0.1) is 0 Å². The van der Waals surface area contributed by atoms with Gasteiger partial charge in [0, 0.05) is 35.7 Å². The van der Waals surface area contributed by atoms with Crippen LogP contribution in [0.1, 0.15) is 56.5 Å². The number of hydrogen-bond donors (Lipinski definition) is 1. The molecule has 0 spiro atoms. The molecule has 0 amide bonds. The van der Waals surface area contributed by atoms with Gasteiger partial charge in [-0.3, -0.25) is 4.57 Å². The number of nitrogens with one attached hydrogen (secondary N) is 1. The van der Waals surface area contributed by atoms with Gasteiger partial charge < -0.3 is 14.2 Å². The van der Waals surface area contributed by atoms with Gasteiger partial charge in [0.05, 0.1) is 17.9 Å². The molecule has 1 saturated heterocycles. The van der Waals surface area contributed by atoms with Crippen LogP contribution in [-0.4, -0.2) is 42.6 Å². The standard InChI is InChI=1S/C23H28N6O2S/c1-3-4-11-20-25-22(31-28-20)15(2)32-23-27-26-21(29(23)14-16-8-7-12-30-16)18-13-24-19-10-6-5-9-17(18)19/h5-6,9-10,13,15-16,24H,3-4,7-8,11-12,14H2,1-2H3/t15-,16+/m0/s1. The van der Waals surface area contributed by atoms with Crippen molar-refractivity contribution in [3.8, 4) is 11.4 Å². The molecule has 2 atom stereocenters. The first kappa shape index (κ1) is 21.2. The molecule has 5 rings (SSSR count). The maximum Gasteiger partial charge on any atom is 0.239 e. The third-order valence-electron chi connectivity index (χ3n) is 5.82. The Labute approximate surface area is 191 Å². The summed E-state index contributed by atoms with van der Waals surface area (Å²) in [6.45, 7) is 5.77. The fourth-order valence-corrected chi connectivity index (χ4v) is 4.95. The number of ether oxygens (including phenoxy) is 1. The lowest BCUT2D eigenvalue weighted by atomic mass is 10.1. The Morgan fingerprint density at radius 2 is 2.19 bits per heavy atom. The average Bonchev–Trinajstić information content (AvgIpc) is 3.60. The number of para-hydroxylation sites is 1. The molecule has 9 heteroatoms. The second-order valence-electron chi connectivity index (χ2n) is 8.21. The van der Waals surface area contributed by atoms with Gasteiger partial charge in [-0.25, -0.2) is 0 Å². The van der Waals surface area contributed by atoms with Crippen LogP contribution < -0.4 is 0 Å². The highest BCUT2D eigenvalue weighted by Crippen LogP contribution is 2.36. The molecule has 1 fully saturated rings. The van der Waals surface area contributed by atoms with E-state index in [2.05, 4.69) is 55.9 Å². The molecule has 8 nitrogen and oxygen atoms in total. The molecule has 1 aliphatic rings. The summed E-state index contributed by atoms with van der Waals surface area (Å²) in [7, 11) is 0. The minimum atomic E-state index is -0.0267. The summed E-state index contributed by atoms with van der Waals surface area (Å²) in [4.78, 5) is 7.94. The SMILES string of the molecule is CCCCc1noc([C@H](C)Sc2nnc(-c3c[nH]c4ccccc34)n2C[C@H]2CCCO2)n1. The molecule has 32 heavy (non-hydrogen) atoms. The molecule has 1 aliphatic heterocycles. The predicted molar refractivity (Wildman–Crippen MR) is 123 cm³/mol. The van der Waals surface area contributed by atoms with E-state index in [0.29, 0.717) is 5.89 Å².